The van der Waals surface area contributed by atoms with E-state index in [1.165, 1.54) is 276 Å². The summed E-state index contributed by atoms with van der Waals surface area (Å²) in [5, 5.41) is 33.4. The fraction of sp³-hybridized carbons (Fsp3) is 0.917. The molecule has 5 nitrogen and oxygen atoms in total. The molecule has 0 aliphatic heterocycles. The highest BCUT2D eigenvalue weighted by molar-refractivity contribution is 5.80. The van der Waals surface area contributed by atoms with Gasteiger partial charge in [-0.3, -0.25) is 4.79 Å². The van der Waals surface area contributed by atoms with E-state index in [4.69, 9.17) is 0 Å². The number of carbonyl (C=O) groups excluding carboxylic acids is 1. The van der Waals surface area contributed by atoms with E-state index in [1.807, 2.05) is 6.08 Å². The summed E-state index contributed by atoms with van der Waals surface area (Å²) in [4.78, 5) is 12.6. The Morgan fingerprint density at radius 1 is 0.369 bits per heavy atom. The number of hydrogen-bond donors (Lipinski definition) is 4. The summed E-state index contributed by atoms with van der Waals surface area (Å²) in [6.07, 6.45) is 71.3. The molecule has 5 heteroatoms. The molecule has 0 aromatic heterocycles. The lowest BCUT2D eigenvalue weighted by Crippen LogP contribution is -2.48. The summed E-state index contributed by atoms with van der Waals surface area (Å²) in [6.45, 7) is 4.22. The minimum Gasteiger partial charge on any atom is -0.394 e. The lowest BCUT2D eigenvalue weighted by atomic mass is 10.0. The van der Waals surface area contributed by atoms with E-state index in [9.17, 15) is 20.1 Å². The van der Waals surface area contributed by atoms with Crippen molar-refractivity contribution < 1.29 is 20.1 Å². The van der Waals surface area contributed by atoms with Crippen LogP contribution < -0.4 is 5.32 Å². The van der Waals surface area contributed by atoms with Crippen molar-refractivity contribution in [2.24, 2.45) is 0 Å². The van der Waals surface area contributed by atoms with Crippen molar-refractivity contribution in [1.29, 1.82) is 0 Å². The predicted molar refractivity (Wildman–Crippen MR) is 287 cm³/mol. The van der Waals surface area contributed by atoms with Crippen LogP contribution in [0.4, 0.5) is 0 Å². The van der Waals surface area contributed by atoms with Gasteiger partial charge in [-0.05, 0) is 44.9 Å². The smallest absolute Gasteiger partial charge is 0.249 e. The first-order valence-electron chi connectivity index (χ1n) is 29.7. The number of amides is 1. The summed E-state index contributed by atoms with van der Waals surface area (Å²) >= 11 is 0. The molecule has 0 aliphatic rings. The summed E-state index contributed by atoms with van der Waals surface area (Å²) in [5.41, 5.74) is 0. The van der Waals surface area contributed by atoms with Crippen LogP contribution in [0.25, 0.3) is 0 Å². The molecule has 0 rings (SSSR count). The SMILES string of the molecule is CCCCCCCCCCCCCC/C=C\CCCCCCCCCCCCCCCCCCC(O)C(=O)NC(CO)C(O)/C=C/CCCCCCCCCCCCCCCCCCC. The lowest BCUT2D eigenvalue weighted by Gasteiger charge is -2.21. The molecule has 4 N–H and O–H groups in total. The maximum Gasteiger partial charge on any atom is 0.249 e. The number of unbranched alkanes of at least 4 members (excludes halogenated alkanes) is 45. The van der Waals surface area contributed by atoms with E-state index >= 15 is 0 Å². The van der Waals surface area contributed by atoms with Gasteiger partial charge >= 0.3 is 0 Å². The van der Waals surface area contributed by atoms with Crippen LogP contribution in [-0.2, 0) is 4.79 Å². The van der Waals surface area contributed by atoms with Gasteiger partial charge in [-0.25, -0.2) is 0 Å². The van der Waals surface area contributed by atoms with E-state index in [0.29, 0.717) is 6.42 Å². The van der Waals surface area contributed by atoms with Crippen molar-refractivity contribution in [3.63, 3.8) is 0 Å². The molecule has 0 fully saturated rings. The molecule has 0 heterocycles. The molecule has 0 bridgehead atoms. The van der Waals surface area contributed by atoms with Gasteiger partial charge in [-0.15, -0.1) is 0 Å². The summed E-state index contributed by atoms with van der Waals surface area (Å²) < 4.78 is 0. The average Bonchev–Trinajstić information content (AvgIpc) is 3.31. The normalized spacial score (nSPS) is 13.4. The molecule has 3 unspecified atom stereocenters. The number of aliphatic hydroxyl groups is 3. The van der Waals surface area contributed by atoms with Crippen molar-refractivity contribution in [2.45, 2.75) is 347 Å². The molecule has 386 valence electrons. The van der Waals surface area contributed by atoms with Crippen LogP contribution >= 0.6 is 0 Å². The number of aliphatic hydroxyl groups excluding tert-OH is 3. The second kappa shape index (κ2) is 55.4. The van der Waals surface area contributed by atoms with Crippen LogP contribution in [0.15, 0.2) is 24.3 Å². The molecule has 0 aliphatic carbocycles. The van der Waals surface area contributed by atoms with Crippen LogP contribution in [0.5, 0.6) is 0 Å². The van der Waals surface area contributed by atoms with Crippen molar-refractivity contribution in [1.82, 2.24) is 5.32 Å². The van der Waals surface area contributed by atoms with Crippen LogP contribution in [0.1, 0.15) is 328 Å². The molecular weight excluding hydrogens is 799 g/mol. The van der Waals surface area contributed by atoms with Gasteiger partial charge in [0.25, 0.3) is 0 Å². The van der Waals surface area contributed by atoms with Gasteiger partial charge < -0.3 is 20.6 Å². The van der Waals surface area contributed by atoms with Gasteiger partial charge in [-0.1, -0.05) is 308 Å². The summed E-state index contributed by atoms with van der Waals surface area (Å²) in [6, 6.07) is -0.796. The molecule has 65 heavy (non-hydrogen) atoms. The first kappa shape index (κ1) is 63.8. The molecule has 0 spiro atoms. The van der Waals surface area contributed by atoms with E-state index < -0.39 is 24.2 Å². The number of carbonyl (C=O) groups is 1. The van der Waals surface area contributed by atoms with Gasteiger partial charge in [-0.2, -0.15) is 0 Å². The van der Waals surface area contributed by atoms with E-state index in [-0.39, 0.29) is 6.61 Å². The topological polar surface area (TPSA) is 89.8 Å². The quantitative estimate of drug-likeness (QED) is 0.0361. The van der Waals surface area contributed by atoms with Gasteiger partial charge in [0.05, 0.1) is 18.8 Å². The minimum atomic E-state index is -1.10. The second-order valence-electron chi connectivity index (χ2n) is 20.6. The number of hydrogen-bond acceptors (Lipinski definition) is 4. The highest BCUT2D eigenvalue weighted by atomic mass is 16.3. The number of nitrogens with one attached hydrogen (secondary N) is 1. The molecule has 1 amide bonds. The van der Waals surface area contributed by atoms with Crippen LogP contribution in [0.3, 0.4) is 0 Å². The van der Waals surface area contributed by atoms with Crippen molar-refractivity contribution in [2.75, 3.05) is 6.61 Å². The lowest BCUT2D eigenvalue weighted by molar-refractivity contribution is -0.131. The molecule has 0 aromatic rings. The zero-order valence-corrected chi connectivity index (χ0v) is 44.1. The highest BCUT2D eigenvalue weighted by Crippen LogP contribution is 2.18. The van der Waals surface area contributed by atoms with Crippen molar-refractivity contribution >= 4 is 5.91 Å². The Hall–Kier alpha value is -1.17. The monoisotopic (exact) mass is 916 g/mol. The minimum absolute atomic E-state index is 0.360. The Bertz CT molecular complexity index is 967. The zero-order valence-electron chi connectivity index (χ0n) is 44.1. The maximum atomic E-state index is 12.6. The van der Waals surface area contributed by atoms with Gasteiger partial charge in [0.2, 0.25) is 5.91 Å². The first-order chi connectivity index (χ1) is 32.1. The third-order valence-electron chi connectivity index (χ3n) is 14.0. The van der Waals surface area contributed by atoms with Gasteiger partial charge in [0.1, 0.15) is 6.10 Å². The zero-order chi connectivity index (χ0) is 47.2. The van der Waals surface area contributed by atoms with Crippen molar-refractivity contribution in [3.05, 3.63) is 24.3 Å². The van der Waals surface area contributed by atoms with E-state index in [1.54, 1.807) is 6.08 Å². The van der Waals surface area contributed by atoms with Crippen LogP contribution in [0, 0.1) is 0 Å². The van der Waals surface area contributed by atoms with Crippen LogP contribution in [0.2, 0.25) is 0 Å². The Morgan fingerprint density at radius 3 is 0.892 bits per heavy atom. The average molecular weight is 917 g/mol. The number of allylic oxidation sites excluding steroid dienone is 3. The predicted octanol–water partition coefficient (Wildman–Crippen LogP) is 18.5. The molecule has 0 saturated carbocycles. The van der Waals surface area contributed by atoms with E-state index in [0.717, 1.165) is 32.1 Å². The molecular formula is C60H117NO4. The van der Waals surface area contributed by atoms with Crippen molar-refractivity contribution in [3.8, 4) is 0 Å². The number of rotatable bonds is 55. The Balaban J connectivity index is 3.51. The highest BCUT2D eigenvalue weighted by Gasteiger charge is 2.22. The van der Waals surface area contributed by atoms with Crippen LogP contribution in [-0.4, -0.2) is 46.1 Å². The first-order valence-corrected chi connectivity index (χ1v) is 29.7. The Labute approximate surface area is 407 Å². The Kier molecular flexibility index (Phi) is 54.4. The fourth-order valence-electron chi connectivity index (χ4n) is 9.42. The third kappa shape index (κ3) is 50.5. The van der Waals surface area contributed by atoms with Gasteiger partial charge in [0, 0.05) is 0 Å². The fourth-order valence-corrected chi connectivity index (χ4v) is 9.42. The standard InChI is InChI=1S/C60H117NO4/c1-3-5-7-9-11-13-15-17-19-21-23-24-25-26-27-28-29-30-31-32-33-34-35-37-39-41-43-45-47-49-51-53-55-59(64)60(65)61-57(56-62)58(63)54-52-50-48-46-44-42-40-38-36-22-20-18-16-14-12-10-8-6-4-2/h26-27,52,54,57-59,62-64H,3-25,28-51,53,55-56H2,1-2H3,(H,61,65)/b27-26-,54-52+. The Morgan fingerprint density at radius 2 is 0.615 bits per heavy atom. The maximum absolute atomic E-state index is 12.6. The third-order valence-corrected chi connectivity index (χ3v) is 14.0. The summed E-state index contributed by atoms with van der Waals surface area (Å²) in [5.74, 6) is -0.497. The van der Waals surface area contributed by atoms with Gasteiger partial charge in [0.15, 0.2) is 0 Å². The molecule has 3 atom stereocenters. The molecule has 0 saturated heterocycles. The molecule has 0 radical (unpaired) electrons. The second-order valence-corrected chi connectivity index (χ2v) is 20.6. The summed E-state index contributed by atoms with van der Waals surface area (Å²) in [7, 11) is 0. The largest absolute Gasteiger partial charge is 0.394 e. The van der Waals surface area contributed by atoms with E-state index in [2.05, 4.69) is 31.3 Å². The molecule has 0 aromatic carbocycles.